The molecule has 0 aliphatic heterocycles. The molecule has 0 amide bonds. The van der Waals surface area contributed by atoms with Crippen molar-refractivity contribution in [3.63, 3.8) is 0 Å². The number of hydrogen-bond donors (Lipinski definition) is 0. The Labute approximate surface area is 114 Å². The van der Waals surface area contributed by atoms with Gasteiger partial charge in [0.15, 0.2) is 0 Å². The standard InChI is InChI=1S/C15H10N2O3/c18-17(19)14-6-7-15(12-8-9-16-10-13(12)14)20-11-4-2-1-3-5-11/h1-10H. The molecule has 0 N–H and O–H groups in total. The number of non-ortho nitro benzene ring substituents is 1. The lowest BCUT2D eigenvalue weighted by molar-refractivity contribution is -0.383. The van der Waals surface area contributed by atoms with E-state index >= 15 is 0 Å². The number of ether oxygens (including phenoxy) is 1. The van der Waals surface area contributed by atoms with E-state index in [-0.39, 0.29) is 5.69 Å². The normalized spacial score (nSPS) is 10.4. The monoisotopic (exact) mass is 266 g/mol. The lowest BCUT2D eigenvalue weighted by atomic mass is 10.1. The highest BCUT2D eigenvalue weighted by atomic mass is 16.6. The molecule has 0 aliphatic rings. The Kier molecular flexibility index (Phi) is 3.01. The van der Waals surface area contributed by atoms with Gasteiger partial charge < -0.3 is 4.74 Å². The third-order valence-corrected chi connectivity index (χ3v) is 2.92. The number of para-hydroxylation sites is 1. The minimum Gasteiger partial charge on any atom is -0.457 e. The quantitative estimate of drug-likeness (QED) is 0.532. The molecule has 0 saturated heterocycles. The number of rotatable bonds is 3. The van der Waals surface area contributed by atoms with E-state index in [1.54, 1.807) is 18.3 Å². The van der Waals surface area contributed by atoms with Gasteiger partial charge in [-0.25, -0.2) is 0 Å². The third kappa shape index (κ3) is 2.16. The van der Waals surface area contributed by atoms with Crippen LogP contribution in [0.5, 0.6) is 11.5 Å². The molecule has 98 valence electrons. The molecule has 0 radical (unpaired) electrons. The summed E-state index contributed by atoms with van der Waals surface area (Å²) in [6, 6.07) is 14.0. The van der Waals surface area contributed by atoms with E-state index in [1.165, 1.54) is 12.3 Å². The molecule has 1 aromatic heterocycles. The van der Waals surface area contributed by atoms with E-state index in [0.29, 0.717) is 22.3 Å². The van der Waals surface area contributed by atoms with Crippen molar-refractivity contribution in [1.82, 2.24) is 4.98 Å². The Balaban J connectivity index is 2.13. The van der Waals surface area contributed by atoms with Crippen molar-refractivity contribution in [2.75, 3.05) is 0 Å². The van der Waals surface area contributed by atoms with Gasteiger partial charge in [-0.3, -0.25) is 15.1 Å². The van der Waals surface area contributed by atoms with Gasteiger partial charge in [0.2, 0.25) is 0 Å². The van der Waals surface area contributed by atoms with Crippen LogP contribution in [0.15, 0.2) is 60.9 Å². The van der Waals surface area contributed by atoms with E-state index in [0.717, 1.165) is 0 Å². The van der Waals surface area contributed by atoms with E-state index in [2.05, 4.69) is 4.98 Å². The number of nitro benzene ring substituents is 1. The lowest BCUT2D eigenvalue weighted by Crippen LogP contribution is -1.92. The Morgan fingerprint density at radius 2 is 1.80 bits per heavy atom. The molecule has 0 spiro atoms. The van der Waals surface area contributed by atoms with Crippen LogP contribution in [-0.2, 0) is 0 Å². The van der Waals surface area contributed by atoms with Gasteiger partial charge in [-0.1, -0.05) is 18.2 Å². The highest BCUT2D eigenvalue weighted by molar-refractivity contribution is 5.94. The predicted molar refractivity (Wildman–Crippen MR) is 74.9 cm³/mol. The first-order valence-electron chi connectivity index (χ1n) is 6.00. The number of nitrogens with zero attached hydrogens (tertiary/aromatic N) is 2. The summed E-state index contributed by atoms with van der Waals surface area (Å²) in [7, 11) is 0. The minimum absolute atomic E-state index is 0.0218. The summed E-state index contributed by atoms with van der Waals surface area (Å²) < 4.78 is 5.78. The summed E-state index contributed by atoms with van der Waals surface area (Å²) in [6.45, 7) is 0. The van der Waals surface area contributed by atoms with Gasteiger partial charge in [-0.15, -0.1) is 0 Å². The zero-order valence-corrected chi connectivity index (χ0v) is 10.4. The summed E-state index contributed by atoms with van der Waals surface area (Å²) >= 11 is 0. The van der Waals surface area contributed by atoms with Crippen LogP contribution in [0.3, 0.4) is 0 Å². The Bertz CT molecular complexity index is 772. The van der Waals surface area contributed by atoms with Gasteiger partial charge in [0, 0.05) is 23.8 Å². The second kappa shape index (κ2) is 4.97. The number of pyridine rings is 1. The molecule has 0 aliphatic carbocycles. The van der Waals surface area contributed by atoms with Gasteiger partial charge in [0.25, 0.3) is 5.69 Å². The van der Waals surface area contributed by atoms with Crippen LogP contribution in [0.4, 0.5) is 5.69 Å². The highest BCUT2D eigenvalue weighted by Crippen LogP contribution is 2.34. The van der Waals surface area contributed by atoms with Crippen LogP contribution in [0.1, 0.15) is 0 Å². The molecular formula is C15H10N2O3. The van der Waals surface area contributed by atoms with Gasteiger partial charge in [-0.2, -0.15) is 0 Å². The summed E-state index contributed by atoms with van der Waals surface area (Å²) in [4.78, 5) is 14.5. The molecule has 0 bridgehead atoms. The molecule has 3 aromatic rings. The van der Waals surface area contributed by atoms with E-state index in [1.807, 2.05) is 30.3 Å². The largest absolute Gasteiger partial charge is 0.457 e. The van der Waals surface area contributed by atoms with Gasteiger partial charge >= 0.3 is 0 Å². The fourth-order valence-electron chi connectivity index (χ4n) is 2.01. The van der Waals surface area contributed by atoms with Gasteiger partial charge in [0.1, 0.15) is 11.5 Å². The van der Waals surface area contributed by atoms with Crippen molar-refractivity contribution in [3.8, 4) is 11.5 Å². The second-order valence-corrected chi connectivity index (χ2v) is 4.18. The molecule has 0 unspecified atom stereocenters. The number of nitro groups is 1. The molecule has 5 nitrogen and oxygen atoms in total. The molecule has 3 rings (SSSR count). The van der Waals surface area contributed by atoms with Crippen LogP contribution in [0.25, 0.3) is 10.8 Å². The molecule has 0 saturated carbocycles. The number of fused-ring (bicyclic) bond motifs is 1. The van der Waals surface area contributed by atoms with Crippen molar-refractivity contribution in [3.05, 3.63) is 71.0 Å². The summed E-state index contributed by atoms with van der Waals surface area (Å²) in [5.74, 6) is 1.25. The van der Waals surface area contributed by atoms with Crippen molar-refractivity contribution in [2.45, 2.75) is 0 Å². The van der Waals surface area contributed by atoms with Crippen LogP contribution in [-0.4, -0.2) is 9.91 Å². The number of aromatic nitrogens is 1. The van der Waals surface area contributed by atoms with E-state index in [4.69, 9.17) is 4.74 Å². The molecule has 0 fully saturated rings. The molecule has 1 heterocycles. The Hall–Kier alpha value is -2.95. The van der Waals surface area contributed by atoms with E-state index in [9.17, 15) is 10.1 Å². The summed E-state index contributed by atoms with van der Waals surface area (Å²) in [6.07, 6.45) is 3.06. The molecule has 20 heavy (non-hydrogen) atoms. The maximum absolute atomic E-state index is 11.0. The Morgan fingerprint density at radius 3 is 2.55 bits per heavy atom. The summed E-state index contributed by atoms with van der Waals surface area (Å²) in [5, 5.41) is 12.2. The van der Waals surface area contributed by atoms with Crippen LogP contribution >= 0.6 is 0 Å². The average molecular weight is 266 g/mol. The fraction of sp³-hybridized carbons (Fsp3) is 0. The van der Waals surface area contributed by atoms with Crippen molar-refractivity contribution in [1.29, 1.82) is 0 Å². The zero-order chi connectivity index (χ0) is 13.9. The first-order valence-corrected chi connectivity index (χ1v) is 6.00. The Morgan fingerprint density at radius 1 is 1.00 bits per heavy atom. The van der Waals surface area contributed by atoms with Gasteiger partial charge in [-0.05, 0) is 24.3 Å². The summed E-state index contributed by atoms with van der Waals surface area (Å²) in [5.41, 5.74) is 0.0218. The van der Waals surface area contributed by atoms with Crippen molar-refractivity contribution >= 4 is 16.5 Å². The molecular weight excluding hydrogens is 256 g/mol. The van der Waals surface area contributed by atoms with E-state index < -0.39 is 4.92 Å². The molecule has 2 aromatic carbocycles. The third-order valence-electron chi connectivity index (χ3n) is 2.92. The zero-order valence-electron chi connectivity index (χ0n) is 10.4. The topological polar surface area (TPSA) is 65.3 Å². The second-order valence-electron chi connectivity index (χ2n) is 4.18. The number of hydrogen-bond acceptors (Lipinski definition) is 4. The number of benzene rings is 2. The maximum Gasteiger partial charge on any atom is 0.279 e. The van der Waals surface area contributed by atoms with Crippen LogP contribution in [0, 0.1) is 10.1 Å². The van der Waals surface area contributed by atoms with Crippen LogP contribution < -0.4 is 4.74 Å². The van der Waals surface area contributed by atoms with Crippen LogP contribution in [0.2, 0.25) is 0 Å². The van der Waals surface area contributed by atoms with Crippen molar-refractivity contribution in [2.24, 2.45) is 0 Å². The average Bonchev–Trinajstić information content (AvgIpc) is 2.48. The molecule has 5 heteroatoms. The maximum atomic E-state index is 11.0. The first kappa shape index (κ1) is 12.1. The molecule has 0 atom stereocenters. The highest BCUT2D eigenvalue weighted by Gasteiger charge is 2.15. The van der Waals surface area contributed by atoms with Gasteiger partial charge in [0.05, 0.1) is 10.3 Å². The van der Waals surface area contributed by atoms with Crippen molar-refractivity contribution < 1.29 is 9.66 Å². The first-order chi connectivity index (χ1) is 9.75. The lowest BCUT2D eigenvalue weighted by Gasteiger charge is -2.08. The fourth-order valence-corrected chi connectivity index (χ4v) is 2.01. The smallest absolute Gasteiger partial charge is 0.279 e. The SMILES string of the molecule is O=[N+]([O-])c1ccc(Oc2ccccc2)c2ccncc12. The predicted octanol–water partition coefficient (Wildman–Crippen LogP) is 3.94. The minimum atomic E-state index is -0.420.